The van der Waals surface area contributed by atoms with E-state index in [9.17, 15) is 9.59 Å². The Morgan fingerprint density at radius 2 is 2.08 bits per heavy atom. The molecule has 1 heterocycles. The fourth-order valence-corrected chi connectivity index (χ4v) is 2.16. The van der Waals surface area contributed by atoms with Crippen molar-refractivity contribution in [2.75, 3.05) is 19.7 Å². The molecule has 0 radical (unpaired) electrons. The fourth-order valence-electron chi connectivity index (χ4n) is 2.16. The lowest BCUT2D eigenvalue weighted by Crippen LogP contribution is -2.47. The molecule has 128 valence electrons. The van der Waals surface area contributed by atoms with E-state index in [0.717, 1.165) is 5.56 Å². The van der Waals surface area contributed by atoms with Gasteiger partial charge in [-0.2, -0.15) is 0 Å². The van der Waals surface area contributed by atoms with Crippen LogP contribution >= 0.6 is 0 Å². The Morgan fingerprint density at radius 3 is 2.83 bits per heavy atom. The van der Waals surface area contributed by atoms with Crippen LogP contribution in [0, 0.1) is 0 Å². The number of carbonyl (C=O) groups is 2. The highest BCUT2D eigenvalue weighted by Gasteiger charge is 2.25. The second-order valence-electron chi connectivity index (χ2n) is 5.08. The molecule has 1 aromatic rings. The monoisotopic (exact) mass is 331 g/mol. The highest BCUT2D eigenvalue weighted by Crippen LogP contribution is 2.12. The number of benzene rings is 1. The van der Waals surface area contributed by atoms with Crippen molar-refractivity contribution >= 4 is 12.2 Å². The average molecular weight is 331 g/mol. The van der Waals surface area contributed by atoms with Crippen LogP contribution in [0.2, 0.25) is 0 Å². The first-order valence-electron chi connectivity index (χ1n) is 7.61. The van der Waals surface area contributed by atoms with E-state index < -0.39 is 12.2 Å². The van der Waals surface area contributed by atoms with Crippen LogP contribution in [0.3, 0.4) is 0 Å². The largest absolute Gasteiger partial charge is 0.445 e. The van der Waals surface area contributed by atoms with Gasteiger partial charge in [0.25, 0.3) is 0 Å². The second kappa shape index (κ2) is 9.36. The lowest BCUT2D eigenvalue weighted by Gasteiger charge is -2.24. The molecule has 2 amide bonds. The maximum Gasteiger partial charge on any atom is 0.421 e. The van der Waals surface area contributed by atoms with Crippen molar-refractivity contribution in [3.63, 3.8) is 0 Å². The van der Waals surface area contributed by atoms with Gasteiger partial charge in [0, 0.05) is 13.1 Å². The molecule has 1 atom stereocenters. The Labute approximate surface area is 140 Å². The first kappa shape index (κ1) is 17.6. The first-order valence-corrected chi connectivity index (χ1v) is 7.61. The maximum absolute atomic E-state index is 12.2. The normalized spacial score (nSPS) is 15.8. The van der Waals surface area contributed by atoms with E-state index >= 15 is 0 Å². The summed E-state index contributed by atoms with van der Waals surface area (Å²) < 4.78 is 10.1. The third-order valence-corrected chi connectivity index (χ3v) is 3.33. The minimum absolute atomic E-state index is 0.134. The molecule has 0 spiro atoms. The predicted molar refractivity (Wildman–Crippen MR) is 88.9 cm³/mol. The van der Waals surface area contributed by atoms with E-state index in [0.29, 0.717) is 13.1 Å². The molecule has 2 rings (SSSR count). The molecule has 2 N–H and O–H groups in total. The fraction of sp³-hybridized carbons (Fsp3) is 0.294. The second-order valence-corrected chi connectivity index (χ2v) is 5.08. The van der Waals surface area contributed by atoms with Crippen molar-refractivity contribution in [1.82, 2.24) is 15.8 Å². The minimum Gasteiger partial charge on any atom is -0.445 e. The van der Waals surface area contributed by atoms with E-state index in [2.05, 4.69) is 17.4 Å². The molecular weight excluding hydrogens is 310 g/mol. The molecule has 0 saturated carbocycles. The molecular formula is C17H21N3O4. The van der Waals surface area contributed by atoms with E-state index in [1.807, 2.05) is 42.5 Å². The van der Waals surface area contributed by atoms with Crippen LogP contribution in [0.5, 0.6) is 0 Å². The van der Waals surface area contributed by atoms with Crippen LogP contribution in [0.15, 0.2) is 55.1 Å². The third kappa shape index (κ3) is 5.44. The summed E-state index contributed by atoms with van der Waals surface area (Å²) in [5.41, 5.74) is 6.06. The van der Waals surface area contributed by atoms with Crippen LogP contribution in [-0.4, -0.2) is 42.8 Å². The van der Waals surface area contributed by atoms with Crippen LogP contribution in [0.25, 0.3) is 0 Å². The van der Waals surface area contributed by atoms with Crippen molar-refractivity contribution in [1.29, 1.82) is 0 Å². The summed E-state index contributed by atoms with van der Waals surface area (Å²) in [4.78, 5) is 25.0. The van der Waals surface area contributed by atoms with E-state index in [1.165, 1.54) is 6.08 Å². The molecule has 0 bridgehead atoms. The lowest BCUT2D eigenvalue weighted by molar-refractivity contribution is 0.0941. The zero-order valence-corrected chi connectivity index (χ0v) is 13.3. The Balaban J connectivity index is 1.73. The van der Waals surface area contributed by atoms with Crippen LogP contribution in [0.1, 0.15) is 5.56 Å². The standard InChI is InChI=1S/C17H21N3O4/c1-2-11-23-16(21)19-18-12-15-9-6-10-20(15)17(22)24-13-14-7-4-3-5-8-14/h2-9,15,18H,1,10-13H2,(H,19,21)/t15-/m1/s1. The number of hydrogen-bond donors (Lipinski definition) is 2. The highest BCUT2D eigenvalue weighted by molar-refractivity contribution is 5.69. The molecule has 24 heavy (non-hydrogen) atoms. The summed E-state index contributed by atoms with van der Waals surface area (Å²) in [7, 11) is 0. The maximum atomic E-state index is 12.2. The Morgan fingerprint density at radius 1 is 1.29 bits per heavy atom. The number of hydrazine groups is 1. The van der Waals surface area contributed by atoms with Crippen LogP contribution in [0.4, 0.5) is 9.59 Å². The summed E-state index contributed by atoms with van der Waals surface area (Å²) in [5, 5.41) is 0. The lowest BCUT2D eigenvalue weighted by atomic mass is 10.2. The van der Waals surface area contributed by atoms with Gasteiger partial charge in [0.05, 0.1) is 6.04 Å². The minimum atomic E-state index is -0.602. The number of amides is 2. The van der Waals surface area contributed by atoms with Gasteiger partial charge in [-0.15, -0.1) is 0 Å². The topological polar surface area (TPSA) is 79.9 Å². The molecule has 1 aliphatic heterocycles. The molecule has 7 heteroatoms. The predicted octanol–water partition coefficient (Wildman–Crippen LogP) is 1.98. The van der Waals surface area contributed by atoms with Gasteiger partial charge in [-0.1, -0.05) is 55.1 Å². The van der Waals surface area contributed by atoms with Gasteiger partial charge in [-0.25, -0.2) is 15.0 Å². The van der Waals surface area contributed by atoms with Gasteiger partial charge in [0.2, 0.25) is 0 Å². The molecule has 0 unspecified atom stereocenters. The quantitative estimate of drug-likeness (QED) is 0.590. The van der Waals surface area contributed by atoms with Crippen molar-refractivity contribution < 1.29 is 19.1 Å². The summed E-state index contributed by atoms with van der Waals surface area (Å²) in [6.45, 7) is 4.63. The van der Waals surface area contributed by atoms with Crippen molar-refractivity contribution in [3.8, 4) is 0 Å². The Bertz CT molecular complexity index is 589. The van der Waals surface area contributed by atoms with E-state index in [1.54, 1.807) is 4.90 Å². The first-order chi connectivity index (χ1) is 11.7. The summed E-state index contributed by atoms with van der Waals surface area (Å²) in [5.74, 6) is 0. The number of ether oxygens (including phenoxy) is 2. The molecule has 0 saturated heterocycles. The molecule has 7 nitrogen and oxygen atoms in total. The van der Waals surface area contributed by atoms with Crippen LogP contribution in [-0.2, 0) is 16.1 Å². The summed E-state index contributed by atoms with van der Waals surface area (Å²) in [6.07, 6.45) is 4.24. The number of hydrogen-bond acceptors (Lipinski definition) is 5. The smallest absolute Gasteiger partial charge is 0.421 e. The average Bonchev–Trinajstić information content (AvgIpc) is 3.07. The highest BCUT2D eigenvalue weighted by atomic mass is 16.6. The van der Waals surface area contributed by atoms with Crippen molar-refractivity contribution in [2.45, 2.75) is 12.6 Å². The summed E-state index contributed by atoms with van der Waals surface area (Å²) >= 11 is 0. The van der Waals surface area contributed by atoms with Crippen molar-refractivity contribution in [2.24, 2.45) is 0 Å². The molecule has 0 fully saturated rings. The third-order valence-electron chi connectivity index (χ3n) is 3.33. The molecule has 0 aromatic heterocycles. The number of nitrogens with zero attached hydrogens (tertiary/aromatic N) is 1. The molecule has 1 aliphatic rings. The van der Waals surface area contributed by atoms with Gasteiger partial charge in [0.1, 0.15) is 13.2 Å². The van der Waals surface area contributed by atoms with E-state index in [4.69, 9.17) is 9.47 Å². The number of nitrogens with one attached hydrogen (secondary N) is 2. The van der Waals surface area contributed by atoms with Gasteiger partial charge in [-0.05, 0) is 5.56 Å². The molecule has 1 aromatic carbocycles. The van der Waals surface area contributed by atoms with Gasteiger partial charge < -0.3 is 9.47 Å². The van der Waals surface area contributed by atoms with Gasteiger partial charge >= 0.3 is 12.2 Å². The number of rotatable bonds is 7. The zero-order chi connectivity index (χ0) is 17.2. The van der Waals surface area contributed by atoms with Crippen molar-refractivity contribution in [3.05, 3.63) is 60.7 Å². The van der Waals surface area contributed by atoms with Crippen LogP contribution < -0.4 is 10.9 Å². The van der Waals surface area contributed by atoms with E-state index in [-0.39, 0.29) is 19.3 Å². The van der Waals surface area contributed by atoms with Gasteiger partial charge in [0.15, 0.2) is 0 Å². The summed E-state index contributed by atoms with van der Waals surface area (Å²) in [6, 6.07) is 9.29. The Kier molecular flexibility index (Phi) is 6.85. The number of carbonyl (C=O) groups excluding carboxylic acids is 2. The molecule has 0 aliphatic carbocycles. The van der Waals surface area contributed by atoms with Gasteiger partial charge in [-0.3, -0.25) is 10.3 Å². The Hall–Kier alpha value is -2.80. The zero-order valence-electron chi connectivity index (χ0n) is 13.3. The SMILES string of the molecule is C=CCOC(=O)NNC[C@H]1C=CCN1C(=O)OCc1ccccc1.